The van der Waals surface area contributed by atoms with E-state index in [1.54, 1.807) is 12.1 Å². The van der Waals surface area contributed by atoms with Crippen molar-refractivity contribution >= 4 is 0 Å². The lowest BCUT2D eigenvalue weighted by Gasteiger charge is -2.18. The van der Waals surface area contributed by atoms with Crippen molar-refractivity contribution in [3.05, 3.63) is 53.5 Å². The number of hydrogen-bond acceptors (Lipinski definition) is 4. The molecule has 0 fully saturated rings. The van der Waals surface area contributed by atoms with Crippen molar-refractivity contribution < 1.29 is 13.5 Å². The van der Waals surface area contributed by atoms with Crippen molar-refractivity contribution in [1.82, 2.24) is 15.3 Å². The van der Waals surface area contributed by atoms with Gasteiger partial charge in [0.1, 0.15) is 6.33 Å². The highest BCUT2D eigenvalue weighted by Gasteiger charge is 2.17. The summed E-state index contributed by atoms with van der Waals surface area (Å²) in [4.78, 5) is 8.13. The third-order valence-electron chi connectivity index (χ3n) is 3.14. The van der Waals surface area contributed by atoms with Crippen LogP contribution < -0.4 is 10.1 Å². The van der Waals surface area contributed by atoms with Crippen molar-refractivity contribution in [2.24, 2.45) is 0 Å². The number of likely N-dealkylation sites (N-methyl/N-ethyl adjacent to an activating group) is 1. The lowest BCUT2D eigenvalue weighted by atomic mass is 10.0. The van der Waals surface area contributed by atoms with Crippen LogP contribution in [0.5, 0.6) is 5.88 Å². The molecule has 112 valence electrons. The van der Waals surface area contributed by atoms with E-state index >= 15 is 0 Å². The highest BCUT2D eigenvalue weighted by atomic mass is 19.2. The molecule has 2 aromatic rings. The second-order valence-electron chi connectivity index (χ2n) is 4.51. The minimum absolute atomic E-state index is 0.247. The first-order valence-electron chi connectivity index (χ1n) is 6.68. The van der Waals surface area contributed by atoms with Crippen LogP contribution in [0.25, 0.3) is 0 Å². The predicted octanol–water partition coefficient (Wildman–Crippen LogP) is 2.66. The summed E-state index contributed by atoms with van der Waals surface area (Å²) in [6.07, 6.45) is 1.68. The fourth-order valence-corrected chi connectivity index (χ4v) is 2.11. The molecular weight excluding hydrogens is 276 g/mol. The minimum Gasteiger partial charge on any atom is -0.481 e. The Labute approximate surface area is 122 Å². The van der Waals surface area contributed by atoms with E-state index in [1.165, 1.54) is 19.5 Å². The molecule has 1 atom stereocenters. The van der Waals surface area contributed by atoms with E-state index in [1.807, 2.05) is 6.92 Å². The fourth-order valence-electron chi connectivity index (χ4n) is 2.11. The quantitative estimate of drug-likeness (QED) is 0.889. The van der Waals surface area contributed by atoms with Crippen LogP contribution >= 0.6 is 0 Å². The van der Waals surface area contributed by atoms with Gasteiger partial charge in [0.15, 0.2) is 11.6 Å². The Bertz CT molecular complexity index is 607. The lowest BCUT2D eigenvalue weighted by molar-refractivity contribution is 0.393. The number of nitrogens with zero attached hydrogens (tertiary/aromatic N) is 2. The van der Waals surface area contributed by atoms with E-state index in [2.05, 4.69) is 15.3 Å². The van der Waals surface area contributed by atoms with Crippen LogP contribution in [0.4, 0.5) is 8.78 Å². The van der Waals surface area contributed by atoms with Crippen LogP contribution in [0.3, 0.4) is 0 Å². The average Bonchev–Trinajstić information content (AvgIpc) is 2.51. The van der Waals surface area contributed by atoms with Gasteiger partial charge in [0.05, 0.1) is 18.8 Å². The molecule has 0 aliphatic rings. The monoisotopic (exact) mass is 293 g/mol. The van der Waals surface area contributed by atoms with E-state index in [4.69, 9.17) is 4.74 Å². The summed E-state index contributed by atoms with van der Waals surface area (Å²) in [6.45, 7) is 2.61. The van der Waals surface area contributed by atoms with Crippen molar-refractivity contribution in [2.45, 2.75) is 19.4 Å². The van der Waals surface area contributed by atoms with Gasteiger partial charge in [-0.05, 0) is 24.6 Å². The molecule has 6 heteroatoms. The van der Waals surface area contributed by atoms with E-state index < -0.39 is 11.6 Å². The number of hydrogen-bond donors (Lipinski definition) is 1. The first kappa shape index (κ1) is 15.3. The number of methoxy groups -OCH3 is 1. The molecule has 1 aromatic heterocycles. The number of rotatable bonds is 6. The molecule has 0 bridgehead atoms. The molecule has 1 aromatic carbocycles. The van der Waals surface area contributed by atoms with E-state index in [9.17, 15) is 8.78 Å². The molecule has 0 aliphatic heterocycles. The van der Waals surface area contributed by atoms with Gasteiger partial charge in [-0.2, -0.15) is 0 Å². The summed E-state index contributed by atoms with van der Waals surface area (Å²) in [6, 6.07) is 5.61. The van der Waals surface area contributed by atoms with Crippen LogP contribution in [-0.4, -0.2) is 23.6 Å². The number of benzene rings is 1. The van der Waals surface area contributed by atoms with Crippen LogP contribution in [0, 0.1) is 11.6 Å². The molecule has 0 radical (unpaired) electrons. The number of ether oxygens (including phenoxy) is 1. The van der Waals surface area contributed by atoms with Gasteiger partial charge in [-0.3, -0.25) is 0 Å². The Hall–Kier alpha value is -2.08. The predicted molar refractivity (Wildman–Crippen MR) is 75.1 cm³/mol. The molecule has 21 heavy (non-hydrogen) atoms. The maximum Gasteiger partial charge on any atom is 0.216 e. The summed E-state index contributed by atoms with van der Waals surface area (Å²) in [5, 5.41) is 3.21. The van der Waals surface area contributed by atoms with Crippen LogP contribution in [0.15, 0.2) is 30.6 Å². The van der Waals surface area contributed by atoms with Crippen LogP contribution in [-0.2, 0) is 6.42 Å². The highest BCUT2D eigenvalue weighted by molar-refractivity contribution is 5.24. The summed E-state index contributed by atoms with van der Waals surface area (Å²) < 4.78 is 32.2. The van der Waals surface area contributed by atoms with Crippen molar-refractivity contribution in [3.63, 3.8) is 0 Å². The molecule has 0 amide bonds. The fraction of sp³-hybridized carbons (Fsp3) is 0.333. The molecule has 1 N–H and O–H groups in total. The zero-order valence-corrected chi connectivity index (χ0v) is 11.9. The Morgan fingerprint density at radius 2 is 2.10 bits per heavy atom. The zero-order valence-electron chi connectivity index (χ0n) is 11.9. The summed E-state index contributed by atoms with van der Waals surface area (Å²) in [5.41, 5.74) is 0.978. The minimum atomic E-state index is -0.844. The standard InChI is InChI=1S/C15H17F2N3O/c1-3-18-12(13-8-14(21-2)20-9-19-13)7-10-5-4-6-11(16)15(10)17/h4-6,8-9,12,18H,3,7H2,1-2H3. The van der Waals surface area contributed by atoms with E-state index in [-0.39, 0.29) is 12.5 Å². The molecule has 1 heterocycles. The zero-order chi connectivity index (χ0) is 15.2. The Morgan fingerprint density at radius 1 is 1.29 bits per heavy atom. The van der Waals surface area contributed by atoms with Gasteiger partial charge in [-0.1, -0.05) is 19.1 Å². The average molecular weight is 293 g/mol. The third kappa shape index (κ3) is 3.72. The summed E-state index contributed by atoms with van der Waals surface area (Å²) in [7, 11) is 1.51. The van der Waals surface area contributed by atoms with Crippen molar-refractivity contribution in [2.75, 3.05) is 13.7 Å². The lowest BCUT2D eigenvalue weighted by Crippen LogP contribution is -2.24. The van der Waals surface area contributed by atoms with E-state index in [0.29, 0.717) is 23.7 Å². The molecule has 4 nitrogen and oxygen atoms in total. The maximum atomic E-state index is 13.8. The first-order valence-corrected chi connectivity index (χ1v) is 6.68. The number of aromatic nitrogens is 2. The normalized spacial score (nSPS) is 12.2. The molecule has 0 saturated carbocycles. The second kappa shape index (κ2) is 7.08. The second-order valence-corrected chi connectivity index (χ2v) is 4.51. The third-order valence-corrected chi connectivity index (χ3v) is 3.14. The number of halogens is 2. The number of nitrogens with one attached hydrogen (secondary N) is 1. The van der Waals surface area contributed by atoms with Crippen molar-refractivity contribution in [1.29, 1.82) is 0 Å². The van der Waals surface area contributed by atoms with Gasteiger partial charge in [0, 0.05) is 6.07 Å². The van der Waals surface area contributed by atoms with Gasteiger partial charge < -0.3 is 10.1 Å². The Balaban J connectivity index is 2.28. The van der Waals surface area contributed by atoms with Crippen molar-refractivity contribution in [3.8, 4) is 5.88 Å². The summed E-state index contributed by atoms with van der Waals surface area (Å²) >= 11 is 0. The van der Waals surface area contributed by atoms with Gasteiger partial charge >= 0.3 is 0 Å². The largest absolute Gasteiger partial charge is 0.481 e. The molecule has 0 spiro atoms. The van der Waals surface area contributed by atoms with Crippen LogP contribution in [0.2, 0.25) is 0 Å². The molecule has 2 rings (SSSR count). The van der Waals surface area contributed by atoms with Gasteiger partial charge in [-0.15, -0.1) is 0 Å². The molecule has 0 saturated heterocycles. The van der Waals surface area contributed by atoms with Crippen LogP contribution in [0.1, 0.15) is 24.2 Å². The Morgan fingerprint density at radius 3 is 2.81 bits per heavy atom. The molecule has 1 unspecified atom stereocenters. The SMILES string of the molecule is CCNC(Cc1cccc(F)c1F)c1cc(OC)ncn1. The summed E-state index contributed by atoms with van der Waals surface area (Å²) in [5.74, 6) is -1.23. The van der Waals surface area contributed by atoms with E-state index in [0.717, 1.165) is 6.07 Å². The van der Waals surface area contributed by atoms with Gasteiger partial charge in [0.2, 0.25) is 5.88 Å². The molecular formula is C15H17F2N3O. The first-order chi connectivity index (χ1) is 10.2. The molecule has 0 aliphatic carbocycles. The van der Waals surface area contributed by atoms with Gasteiger partial charge in [-0.25, -0.2) is 18.7 Å². The smallest absolute Gasteiger partial charge is 0.216 e. The maximum absolute atomic E-state index is 13.8. The Kier molecular flexibility index (Phi) is 5.16. The van der Waals surface area contributed by atoms with Gasteiger partial charge in [0.25, 0.3) is 0 Å². The highest BCUT2D eigenvalue weighted by Crippen LogP contribution is 2.21. The topological polar surface area (TPSA) is 47.0 Å².